The van der Waals surface area contributed by atoms with Crippen molar-refractivity contribution in [3.63, 3.8) is 0 Å². The van der Waals surface area contributed by atoms with E-state index in [1.165, 1.54) is 19.2 Å². The molecule has 182 valence electrons. The summed E-state index contributed by atoms with van der Waals surface area (Å²) < 4.78 is 19.9. The molecule has 0 bridgehead atoms. The lowest BCUT2D eigenvalue weighted by atomic mass is 9.95. The highest BCUT2D eigenvalue weighted by Gasteiger charge is 2.23. The van der Waals surface area contributed by atoms with E-state index < -0.39 is 5.97 Å². The number of hydrogen-bond acceptors (Lipinski definition) is 6. The predicted molar refractivity (Wildman–Crippen MR) is 138 cm³/mol. The second-order valence-electron chi connectivity index (χ2n) is 7.75. The minimum atomic E-state index is -1.09. The Morgan fingerprint density at radius 1 is 1.08 bits per heavy atom. The molecule has 0 radical (unpaired) electrons. The number of halogens is 2. The number of hydrogen-bond donors (Lipinski definition) is 2. The number of carboxylic acid groups (broad SMARTS) is 1. The average molecular weight is 505 g/mol. The maximum Gasteiger partial charge on any atom is 0.339 e. The van der Waals surface area contributed by atoms with Crippen LogP contribution in [0.25, 0.3) is 11.3 Å². The Morgan fingerprint density at radius 2 is 1.89 bits per heavy atom. The first kappa shape index (κ1) is 24.8. The van der Waals surface area contributed by atoms with Gasteiger partial charge in [-0.15, -0.1) is 0 Å². The number of carboxylic acids is 1. The zero-order valence-electron chi connectivity index (χ0n) is 18.4. The van der Waals surface area contributed by atoms with E-state index >= 15 is 0 Å². The zero-order valence-corrected chi connectivity index (χ0v) is 19.2. The number of nitrogens with zero attached hydrogens (tertiary/aromatic N) is 3. The number of aliphatic imine (C=N–C) groups is 1. The van der Waals surface area contributed by atoms with Crippen LogP contribution in [0.15, 0.2) is 71.9 Å². The van der Waals surface area contributed by atoms with Gasteiger partial charge < -0.3 is 15.2 Å². The number of benzene rings is 3. The Hall–Kier alpha value is -4.30. The summed E-state index contributed by atoms with van der Waals surface area (Å²) in [5.74, 6) is -0.963. The molecule has 0 saturated carbocycles. The van der Waals surface area contributed by atoms with Gasteiger partial charge in [0.05, 0.1) is 25.1 Å². The zero-order chi connectivity index (χ0) is 24.5. The maximum absolute atomic E-state index is 14.7. The monoisotopic (exact) mass is 504 g/mol. The highest BCUT2D eigenvalue weighted by molar-refractivity contribution is 6.31. The molecule has 0 fully saturated rings. The fraction of sp³-hybridized carbons (Fsp3) is 0.111. The van der Waals surface area contributed by atoms with Crippen molar-refractivity contribution in [2.45, 2.75) is 14.0 Å². The molecular formula is C27H22ClFN4O3. The molecule has 1 aromatic heterocycles. The third-order valence-electron chi connectivity index (χ3n) is 5.58. The van der Waals surface area contributed by atoms with Crippen molar-refractivity contribution in [1.82, 2.24) is 9.97 Å². The summed E-state index contributed by atoms with van der Waals surface area (Å²) in [6.07, 6.45) is 1.67. The van der Waals surface area contributed by atoms with Gasteiger partial charge in [-0.25, -0.2) is 19.2 Å². The second-order valence-corrected chi connectivity index (χ2v) is 8.18. The van der Waals surface area contributed by atoms with Crippen LogP contribution in [0.2, 0.25) is 5.02 Å². The topological polar surface area (TPSA) is 96.7 Å². The predicted octanol–water partition coefficient (Wildman–Crippen LogP) is 6.37. The van der Waals surface area contributed by atoms with E-state index in [4.69, 9.17) is 21.3 Å². The number of aromatic nitrogens is 2. The van der Waals surface area contributed by atoms with Gasteiger partial charge in [0.25, 0.3) is 0 Å². The number of nitrogens with one attached hydrogen (secondary N) is 1. The molecule has 3 aromatic carbocycles. The van der Waals surface area contributed by atoms with Crippen molar-refractivity contribution in [3.05, 3.63) is 100.0 Å². The van der Waals surface area contributed by atoms with Crippen LogP contribution in [0.1, 0.15) is 34.5 Å². The molecule has 1 aliphatic rings. The molecule has 0 unspecified atom stereocenters. The molecule has 1 aliphatic heterocycles. The van der Waals surface area contributed by atoms with Crippen LogP contribution in [0.5, 0.6) is 5.75 Å². The second kappa shape index (κ2) is 10.1. The molecule has 7 nitrogen and oxygen atoms in total. The van der Waals surface area contributed by atoms with Gasteiger partial charge in [-0.2, -0.15) is 0 Å². The largest absolute Gasteiger partial charge is 0.496 e. The molecule has 5 rings (SSSR count). The number of aromatic carboxylic acids is 1. The standard InChI is InChI=1S/C26H18ClFN4O3.CH4/c1-35-22-11-16(7-9-19(22)25(33)34)31-26-30-13-14-12-29-24(18-4-2-3-5-21(18)28)20-10-15(27)6-8-17(20)23(14)32-26;/h2-11,13H,12H2,1H3,(H,33,34)(H,30,31,32);1H4. The van der Waals surface area contributed by atoms with Gasteiger partial charge in [0.2, 0.25) is 5.95 Å². The SMILES string of the molecule is C.COc1cc(Nc2ncc3c(n2)-c2ccc(Cl)cc2C(c2ccccc2F)=NC3)ccc1C(=O)O. The quantitative estimate of drug-likeness (QED) is 0.327. The molecule has 0 saturated heterocycles. The number of fused-ring (bicyclic) bond motifs is 3. The van der Waals surface area contributed by atoms with E-state index in [0.717, 1.165) is 11.1 Å². The van der Waals surface area contributed by atoms with Crippen LogP contribution >= 0.6 is 11.6 Å². The average Bonchev–Trinajstić information content (AvgIpc) is 3.00. The van der Waals surface area contributed by atoms with Gasteiger partial charge >= 0.3 is 5.97 Å². The normalized spacial score (nSPS) is 11.8. The number of methoxy groups -OCH3 is 1. The highest BCUT2D eigenvalue weighted by atomic mass is 35.5. The molecule has 2 N–H and O–H groups in total. The van der Waals surface area contributed by atoms with Crippen LogP contribution < -0.4 is 10.1 Å². The number of carbonyl (C=O) groups is 1. The summed E-state index contributed by atoms with van der Waals surface area (Å²) in [7, 11) is 1.40. The van der Waals surface area contributed by atoms with E-state index in [0.29, 0.717) is 39.2 Å². The molecule has 0 aliphatic carbocycles. The van der Waals surface area contributed by atoms with Gasteiger partial charge in [0.1, 0.15) is 17.1 Å². The Labute approximate surface area is 212 Å². The first-order chi connectivity index (χ1) is 16.9. The molecular weight excluding hydrogens is 483 g/mol. The Bertz CT molecular complexity index is 1510. The van der Waals surface area contributed by atoms with Gasteiger partial charge in [-0.1, -0.05) is 37.2 Å². The molecule has 0 atom stereocenters. The van der Waals surface area contributed by atoms with Crippen LogP contribution in [0, 0.1) is 5.82 Å². The van der Waals surface area contributed by atoms with Crippen LogP contribution in [0.4, 0.5) is 16.0 Å². The Morgan fingerprint density at radius 3 is 2.64 bits per heavy atom. The fourth-order valence-corrected chi connectivity index (χ4v) is 4.11. The van der Waals surface area contributed by atoms with Crippen molar-refractivity contribution in [2.24, 2.45) is 4.99 Å². The third-order valence-corrected chi connectivity index (χ3v) is 5.82. The van der Waals surface area contributed by atoms with Crippen molar-refractivity contribution in [1.29, 1.82) is 0 Å². The fourth-order valence-electron chi connectivity index (χ4n) is 3.94. The summed E-state index contributed by atoms with van der Waals surface area (Å²) >= 11 is 6.30. The highest BCUT2D eigenvalue weighted by Crippen LogP contribution is 2.34. The maximum atomic E-state index is 14.7. The van der Waals surface area contributed by atoms with Crippen LogP contribution in [0.3, 0.4) is 0 Å². The summed E-state index contributed by atoms with van der Waals surface area (Å²) in [5, 5.41) is 12.9. The lowest BCUT2D eigenvalue weighted by molar-refractivity contribution is 0.0693. The van der Waals surface area contributed by atoms with E-state index in [-0.39, 0.29) is 31.1 Å². The van der Waals surface area contributed by atoms with E-state index in [2.05, 4.69) is 15.3 Å². The van der Waals surface area contributed by atoms with Crippen molar-refractivity contribution < 1.29 is 19.0 Å². The van der Waals surface area contributed by atoms with Gasteiger partial charge in [0, 0.05) is 45.2 Å². The van der Waals surface area contributed by atoms with Gasteiger partial charge in [-0.3, -0.25) is 4.99 Å². The van der Waals surface area contributed by atoms with Crippen molar-refractivity contribution in [3.8, 4) is 17.0 Å². The lowest BCUT2D eigenvalue weighted by Crippen LogP contribution is -2.07. The molecule has 4 aromatic rings. The van der Waals surface area contributed by atoms with Gasteiger partial charge in [0.15, 0.2) is 0 Å². The Kier molecular flexibility index (Phi) is 6.98. The molecule has 36 heavy (non-hydrogen) atoms. The van der Waals surface area contributed by atoms with Crippen molar-refractivity contribution >= 4 is 34.9 Å². The van der Waals surface area contributed by atoms with E-state index in [9.17, 15) is 14.3 Å². The Balaban J connectivity index is 0.00000304. The summed E-state index contributed by atoms with van der Waals surface area (Å²) in [6, 6.07) is 16.4. The van der Waals surface area contributed by atoms with E-state index in [1.807, 2.05) is 6.07 Å². The number of rotatable bonds is 5. The smallest absolute Gasteiger partial charge is 0.339 e. The minimum Gasteiger partial charge on any atom is -0.496 e. The number of ether oxygens (including phenoxy) is 1. The summed E-state index contributed by atoms with van der Waals surface area (Å²) in [4.78, 5) is 25.2. The first-order valence-corrected chi connectivity index (χ1v) is 11.0. The molecule has 0 spiro atoms. The van der Waals surface area contributed by atoms with Crippen LogP contribution in [-0.2, 0) is 6.54 Å². The molecule has 9 heteroatoms. The molecule has 0 amide bonds. The first-order valence-electron chi connectivity index (χ1n) is 10.6. The van der Waals surface area contributed by atoms with Crippen LogP contribution in [-0.4, -0.2) is 33.9 Å². The summed E-state index contributed by atoms with van der Waals surface area (Å²) in [6.45, 7) is 0.257. The number of anilines is 2. The third kappa shape index (κ3) is 4.63. The summed E-state index contributed by atoms with van der Waals surface area (Å²) in [5.41, 5.74) is 4.28. The minimum absolute atomic E-state index is 0. The molecule has 2 heterocycles. The lowest BCUT2D eigenvalue weighted by Gasteiger charge is -2.13. The van der Waals surface area contributed by atoms with Crippen molar-refractivity contribution in [2.75, 3.05) is 12.4 Å². The van der Waals surface area contributed by atoms with E-state index in [1.54, 1.807) is 48.7 Å². The van der Waals surface area contributed by atoms with Gasteiger partial charge in [-0.05, 0) is 36.4 Å².